The predicted octanol–water partition coefficient (Wildman–Crippen LogP) is 3.47. The largest absolute Gasteiger partial charge is 0.309 e. The molecule has 1 atom stereocenters. The maximum absolute atomic E-state index is 4.47. The molecule has 0 radical (unpaired) electrons. The van der Waals surface area contributed by atoms with Gasteiger partial charge < -0.3 is 5.32 Å². The van der Waals surface area contributed by atoms with Crippen molar-refractivity contribution in [2.24, 2.45) is 7.05 Å². The summed E-state index contributed by atoms with van der Waals surface area (Å²) in [5, 5.41) is 8.13. The fourth-order valence-corrected chi connectivity index (χ4v) is 5.38. The van der Waals surface area contributed by atoms with Gasteiger partial charge in [0.1, 0.15) is 0 Å². The van der Waals surface area contributed by atoms with Gasteiger partial charge in [-0.25, -0.2) is 0 Å². The lowest BCUT2D eigenvalue weighted by atomic mass is 10.1. The third-order valence-corrected chi connectivity index (χ3v) is 6.31. The first-order valence-electron chi connectivity index (χ1n) is 7.59. The fourth-order valence-electron chi connectivity index (χ4n) is 2.93. The molecule has 5 heteroatoms. The molecule has 0 fully saturated rings. The van der Waals surface area contributed by atoms with Crippen molar-refractivity contribution in [3.63, 3.8) is 0 Å². The number of nitrogens with one attached hydrogen (secondary N) is 1. The highest BCUT2D eigenvalue weighted by Gasteiger charge is 2.20. The van der Waals surface area contributed by atoms with E-state index in [1.54, 1.807) is 10.4 Å². The first-order valence-corrected chi connectivity index (χ1v) is 9.56. The van der Waals surface area contributed by atoms with Gasteiger partial charge in [-0.1, -0.05) is 6.92 Å². The van der Waals surface area contributed by atoms with Crippen LogP contribution in [0, 0.1) is 6.92 Å². The van der Waals surface area contributed by atoms with E-state index in [9.17, 15) is 0 Å². The van der Waals surface area contributed by atoms with Crippen LogP contribution in [-0.4, -0.2) is 22.1 Å². The number of aryl methyl sites for hydroxylation is 3. The van der Waals surface area contributed by atoms with E-state index in [0.717, 1.165) is 18.7 Å². The summed E-state index contributed by atoms with van der Waals surface area (Å²) < 4.78 is 2.02. The molecule has 3 heterocycles. The molecule has 0 saturated carbocycles. The van der Waals surface area contributed by atoms with Crippen molar-refractivity contribution >= 4 is 23.1 Å². The SMILES string of the molecule is CCNC(Cc1cc(C)nn1C)c1cc2c(s1)CCSC2. The summed E-state index contributed by atoms with van der Waals surface area (Å²) in [5.74, 6) is 2.47. The number of nitrogens with zero attached hydrogens (tertiary/aromatic N) is 2. The summed E-state index contributed by atoms with van der Waals surface area (Å²) in [6, 6.07) is 5.04. The first-order chi connectivity index (χ1) is 10.2. The molecule has 0 spiro atoms. The smallest absolute Gasteiger partial charge is 0.0596 e. The lowest BCUT2D eigenvalue weighted by molar-refractivity contribution is 0.536. The second-order valence-electron chi connectivity index (χ2n) is 5.61. The van der Waals surface area contributed by atoms with Crippen LogP contribution in [0.1, 0.15) is 39.7 Å². The summed E-state index contributed by atoms with van der Waals surface area (Å²) in [7, 11) is 2.04. The van der Waals surface area contributed by atoms with Crippen molar-refractivity contribution in [1.82, 2.24) is 15.1 Å². The Hall–Kier alpha value is -0.780. The van der Waals surface area contributed by atoms with Gasteiger partial charge in [0, 0.05) is 40.7 Å². The van der Waals surface area contributed by atoms with Crippen LogP contribution in [0.5, 0.6) is 0 Å². The van der Waals surface area contributed by atoms with Gasteiger partial charge in [0.05, 0.1) is 5.69 Å². The van der Waals surface area contributed by atoms with E-state index in [2.05, 4.69) is 48.2 Å². The minimum Gasteiger partial charge on any atom is -0.309 e. The molecule has 21 heavy (non-hydrogen) atoms. The molecule has 114 valence electrons. The Morgan fingerprint density at radius 1 is 1.43 bits per heavy atom. The molecular weight excluding hydrogens is 298 g/mol. The van der Waals surface area contributed by atoms with Gasteiger partial charge in [0.15, 0.2) is 0 Å². The average Bonchev–Trinajstić information content (AvgIpc) is 3.01. The summed E-state index contributed by atoms with van der Waals surface area (Å²) in [6.45, 7) is 5.25. The van der Waals surface area contributed by atoms with Gasteiger partial charge >= 0.3 is 0 Å². The minimum absolute atomic E-state index is 0.408. The highest BCUT2D eigenvalue weighted by Crippen LogP contribution is 2.35. The molecule has 1 aliphatic heterocycles. The zero-order chi connectivity index (χ0) is 14.8. The normalized spacial score (nSPS) is 16.0. The molecule has 2 aromatic rings. The van der Waals surface area contributed by atoms with E-state index in [0.29, 0.717) is 6.04 Å². The quantitative estimate of drug-likeness (QED) is 0.914. The molecule has 1 aliphatic rings. The zero-order valence-corrected chi connectivity index (χ0v) is 14.6. The molecule has 1 unspecified atom stereocenters. The van der Waals surface area contributed by atoms with Crippen LogP contribution in [0.15, 0.2) is 12.1 Å². The number of fused-ring (bicyclic) bond motifs is 1. The highest BCUT2D eigenvalue weighted by molar-refractivity contribution is 7.98. The van der Waals surface area contributed by atoms with Gasteiger partial charge in [-0.15, -0.1) is 11.3 Å². The molecular formula is C16H23N3S2. The summed E-state index contributed by atoms with van der Waals surface area (Å²) in [5.41, 5.74) is 3.97. The van der Waals surface area contributed by atoms with Crippen LogP contribution in [0.2, 0.25) is 0 Å². The minimum atomic E-state index is 0.408. The molecule has 0 amide bonds. The Kier molecular flexibility index (Phi) is 4.72. The second kappa shape index (κ2) is 6.55. The second-order valence-corrected chi connectivity index (χ2v) is 7.89. The molecule has 3 nitrogen and oxygen atoms in total. The van der Waals surface area contributed by atoms with Crippen molar-refractivity contribution in [1.29, 1.82) is 0 Å². The number of hydrogen-bond acceptors (Lipinski definition) is 4. The van der Waals surface area contributed by atoms with Crippen molar-refractivity contribution in [3.8, 4) is 0 Å². The van der Waals surface area contributed by atoms with E-state index in [-0.39, 0.29) is 0 Å². The summed E-state index contributed by atoms with van der Waals surface area (Å²) in [6.07, 6.45) is 2.26. The first kappa shape index (κ1) is 15.1. The lowest BCUT2D eigenvalue weighted by Crippen LogP contribution is -2.23. The third kappa shape index (κ3) is 3.35. The number of rotatable bonds is 5. The maximum Gasteiger partial charge on any atom is 0.0596 e. The average molecular weight is 322 g/mol. The lowest BCUT2D eigenvalue weighted by Gasteiger charge is -2.16. The van der Waals surface area contributed by atoms with E-state index in [1.807, 2.05) is 23.1 Å². The van der Waals surface area contributed by atoms with E-state index in [1.165, 1.54) is 28.5 Å². The fraction of sp³-hybridized carbons (Fsp3) is 0.562. The number of aromatic nitrogens is 2. The molecule has 1 N–H and O–H groups in total. The van der Waals surface area contributed by atoms with Crippen molar-refractivity contribution in [2.45, 2.75) is 38.5 Å². The number of thioether (sulfide) groups is 1. The monoisotopic (exact) mass is 321 g/mol. The van der Waals surface area contributed by atoms with Gasteiger partial charge in [-0.3, -0.25) is 4.68 Å². The Labute approximate surface area is 135 Å². The van der Waals surface area contributed by atoms with Crippen molar-refractivity contribution in [2.75, 3.05) is 12.3 Å². The van der Waals surface area contributed by atoms with Crippen LogP contribution in [0.25, 0.3) is 0 Å². The Bertz CT molecular complexity index is 592. The van der Waals surface area contributed by atoms with Gasteiger partial charge in [0.2, 0.25) is 0 Å². The van der Waals surface area contributed by atoms with Gasteiger partial charge in [-0.2, -0.15) is 16.9 Å². The van der Waals surface area contributed by atoms with Crippen molar-refractivity contribution in [3.05, 3.63) is 38.8 Å². The Balaban J connectivity index is 1.83. The predicted molar refractivity (Wildman–Crippen MR) is 92.3 cm³/mol. The van der Waals surface area contributed by atoms with Gasteiger partial charge in [-0.05, 0) is 43.3 Å². The van der Waals surface area contributed by atoms with Crippen LogP contribution in [0.3, 0.4) is 0 Å². The molecule has 0 aliphatic carbocycles. The third-order valence-electron chi connectivity index (χ3n) is 3.95. The topological polar surface area (TPSA) is 29.9 Å². The van der Waals surface area contributed by atoms with Crippen molar-refractivity contribution < 1.29 is 0 Å². The van der Waals surface area contributed by atoms with Crippen LogP contribution in [-0.2, 0) is 25.6 Å². The molecule has 0 bridgehead atoms. The molecule has 3 rings (SSSR count). The molecule has 0 saturated heterocycles. The van der Waals surface area contributed by atoms with Crippen LogP contribution < -0.4 is 5.32 Å². The number of hydrogen-bond donors (Lipinski definition) is 1. The molecule has 0 aromatic carbocycles. The number of likely N-dealkylation sites (N-methyl/N-ethyl adjacent to an activating group) is 1. The zero-order valence-electron chi connectivity index (χ0n) is 13.0. The van der Waals surface area contributed by atoms with E-state index < -0.39 is 0 Å². The van der Waals surface area contributed by atoms with E-state index in [4.69, 9.17) is 0 Å². The Morgan fingerprint density at radius 3 is 2.95 bits per heavy atom. The highest BCUT2D eigenvalue weighted by atomic mass is 32.2. The van der Waals surface area contributed by atoms with E-state index >= 15 is 0 Å². The van der Waals surface area contributed by atoms with Crippen LogP contribution in [0.4, 0.5) is 0 Å². The van der Waals surface area contributed by atoms with Gasteiger partial charge in [0.25, 0.3) is 0 Å². The standard InChI is InChI=1S/C16H23N3S2/c1-4-17-14(9-13-7-11(2)18-19(13)3)16-8-12-10-20-6-5-15(12)21-16/h7-8,14,17H,4-6,9-10H2,1-3H3. The Morgan fingerprint density at radius 2 is 2.29 bits per heavy atom. The summed E-state index contributed by atoms with van der Waals surface area (Å²) >= 11 is 4.07. The molecule has 2 aromatic heterocycles. The van der Waals surface area contributed by atoms with Crippen LogP contribution >= 0.6 is 23.1 Å². The summed E-state index contributed by atoms with van der Waals surface area (Å²) in [4.78, 5) is 3.09. The number of thiophene rings is 1. The maximum atomic E-state index is 4.47.